The van der Waals surface area contributed by atoms with Crippen molar-refractivity contribution in [2.24, 2.45) is 5.41 Å². The fourth-order valence-electron chi connectivity index (χ4n) is 7.83. The molecule has 10 heteroatoms. The largest absolute Gasteiger partial charge is 0.381 e. The maximum Gasteiger partial charge on any atom is 0.245 e. The van der Waals surface area contributed by atoms with Crippen LogP contribution < -0.4 is 0 Å². The number of carbonyl (C=O) groups is 3. The lowest BCUT2D eigenvalue weighted by Gasteiger charge is -2.27. The zero-order valence-electron chi connectivity index (χ0n) is 28.4. The van der Waals surface area contributed by atoms with E-state index in [-0.39, 0.29) is 41.9 Å². The molecule has 3 atom stereocenters. The summed E-state index contributed by atoms with van der Waals surface area (Å²) in [4.78, 5) is 56.8. The van der Waals surface area contributed by atoms with Gasteiger partial charge in [0, 0.05) is 54.0 Å². The number of hydrogen-bond donors (Lipinski definition) is 0. The van der Waals surface area contributed by atoms with Crippen LogP contribution in [0.1, 0.15) is 90.7 Å². The molecular weight excluding hydrogens is 604 g/mol. The summed E-state index contributed by atoms with van der Waals surface area (Å²) in [6.45, 7) is 8.46. The van der Waals surface area contributed by atoms with Crippen molar-refractivity contribution in [1.29, 1.82) is 0 Å². The number of hydrogen-bond acceptors (Lipinski definition) is 8. The molecule has 1 saturated carbocycles. The van der Waals surface area contributed by atoms with Gasteiger partial charge in [-0.1, -0.05) is 25.3 Å². The highest BCUT2D eigenvalue weighted by Crippen LogP contribution is 2.60. The number of piperidine rings is 1. The molecule has 1 saturated heterocycles. The monoisotopic (exact) mass is 648 g/mol. The average molecular weight is 649 g/mol. The third-order valence-electron chi connectivity index (χ3n) is 10.5. The number of amides is 1. The molecule has 2 fully saturated rings. The van der Waals surface area contributed by atoms with Crippen molar-refractivity contribution in [2.75, 3.05) is 13.2 Å². The van der Waals surface area contributed by atoms with Gasteiger partial charge in [0.1, 0.15) is 18.1 Å². The second-order valence-electron chi connectivity index (χ2n) is 14.1. The van der Waals surface area contributed by atoms with E-state index in [9.17, 15) is 14.4 Å². The fourth-order valence-corrected chi connectivity index (χ4v) is 7.83. The number of Topliss-reactive ketones (excluding diaryl/α,β-unsaturated/α-hetero) is 2. The molecule has 0 N–H and O–H groups in total. The first kappa shape index (κ1) is 32.2. The Labute approximate surface area is 281 Å². The maximum atomic E-state index is 14.4. The lowest BCUT2D eigenvalue weighted by molar-refractivity contribution is -0.139. The van der Waals surface area contributed by atoms with Crippen molar-refractivity contribution < 1.29 is 19.1 Å². The Morgan fingerprint density at radius 2 is 1.75 bits per heavy atom. The summed E-state index contributed by atoms with van der Waals surface area (Å²) >= 11 is 0. The van der Waals surface area contributed by atoms with Crippen molar-refractivity contribution in [3.05, 3.63) is 70.7 Å². The molecule has 0 radical (unpaired) electrons. The van der Waals surface area contributed by atoms with Crippen molar-refractivity contribution in [3.8, 4) is 11.1 Å². The van der Waals surface area contributed by atoms with Gasteiger partial charge in [0.15, 0.2) is 11.6 Å². The van der Waals surface area contributed by atoms with Crippen LogP contribution in [0.4, 0.5) is 0 Å². The van der Waals surface area contributed by atoms with Gasteiger partial charge in [-0.3, -0.25) is 24.0 Å². The third kappa shape index (κ3) is 6.18. The molecule has 3 aliphatic rings. The van der Waals surface area contributed by atoms with Crippen molar-refractivity contribution in [1.82, 2.24) is 29.6 Å². The van der Waals surface area contributed by atoms with Crippen LogP contribution in [0.5, 0.6) is 0 Å². The average Bonchev–Trinajstić information content (AvgIpc) is 3.46. The van der Waals surface area contributed by atoms with E-state index in [1.54, 1.807) is 17.1 Å². The normalized spacial score (nSPS) is 23.2. The van der Waals surface area contributed by atoms with Gasteiger partial charge in [-0.05, 0) is 87.8 Å². The molecule has 10 nitrogen and oxygen atoms in total. The Morgan fingerprint density at radius 3 is 2.54 bits per heavy atom. The molecule has 0 spiro atoms. The fraction of sp³-hybridized carbons (Fsp3) is 0.500. The van der Waals surface area contributed by atoms with E-state index in [2.05, 4.69) is 21.0 Å². The number of rotatable bonds is 5. The first-order chi connectivity index (χ1) is 23.1. The molecule has 0 unspecified atom stereocenters. The van der Waals surface area contributed by atoms with Gasteiger partial charge < -0.3 is 9.64 Å². The number of carbonyl (C=O) groups excluding carboxylic acids is 3. The topological polar surface area (TPSA) is 120 Å². The summed E-state index contributed by atoms with van der Waals surface area (Å²) < 4.78 is 7.93. The first-order valence-electron chi connectivity index (χ1n) is 17.3. The molecule has 48 heavy (non-hydrogen) atoms. The first-order valence-corrected chi connectivity index (χ1v) is 17.3. The molecule has 3 aromatic heterocycles. The summed E-state index contributed by atoms with van der Waals surface area (Å²) in [5.41, 5.74) is 6.36. The highest BCUT2D eigenvalue weighted by molar-refractivity contribution is 6.07. The van der Waals surface area contributed by atoms with E-state index < -0.39 is 6.04 Å². The molecule has 2 bridgehead atoms. The van der Waals surface area contributed by atoms with Gasteiger partial charge in [0.25, 0.3) is 0 Å². The molecule has 5 heterocycles. The van der Waals surface area contributed by atoms with Crippen LogP contribution in [-0.2, 0) is 33.7 Å². The summed E-state index contributed by atoms with van der Waals surface area (Å²) in [5, 5.41) is 5.51. The Hall–Kier alpha value is -4.31. The second kappa shape index (κ2) is 13.0. The minimum Gasteiger partial charge on any atom is -0.381 e. The number of benzene rings is 1. The summed E-state index contributed by atoms with van der Waals surface area (Å²) in [6, 6.07) is 7.45. The van der Waals surface area contributed by atoms with E-state index in [0.29, 0.717) is 31.2 Å². The van der Waals surface area contributed by atoms with E-state index >= 15 is 0 Å². The zero-order valence-corrected chi connectivity index (χ0v) is 28.4. The Kier molecular flexibility index (Phi) is 8.70. The molecular formula is C38H44N6O4. The van der Waals surface area contributed by atoms with Crippen LogP contribution in [0.3, 0.4) is 0 Å². The molecule has 7 rings (SSSR count). The highest BCUT2D eigenvalue weighted by Gasteiger charge is 2.67. The van der Waals surface area contributed by atoms with Crippen molar-refractivity contribution in [2.45, 2.75) is 104 Å². The third-order valence-corrected chi connectivity index (χ3v) is 10.5. The van der Waals surface area contributed by atoms with E-state index in [1.807, 2.05) is 43.9 Å². The van der Waals surface area contributed by atoms with Gasteiger partial charge in [-0.2, -0.15) is 5.10 Å². The molecule has 1 aliphatic carbocycles. The number of nitrogens with zero attached hydrogens (tertiary/aromatic N) is 6. The summed E-state index contributed by atoms with van der Waals surface area (Å²) in [6.07, 6.45) is 11.2. The van der Waals surface area contributed by atoms with Gasteiger partial charge >= 0.3 is 0 Å². The Balaban J connectivity index is 1.28. The van der Waals surface area contributed by atoms with Crippen molar-refractivity contribution >= 4 is 28.4 Å². The maximum absolute atomic E-state index is 14.4. The standard InChI is InChI=1S/C38H44N6O4/c1-23-11-12-24(2)41-31(23)16-33(46)32-17-38-18-34(38)44(32)35(47)21-43-37-27(10-8-6-5-7-9-13-48-22-38)14-28(29-19-39-26(4)40-20-29)15-30(37)36(42-43)25(3)45/h11-12,14-15,19-20,32,34H,5-10,13,16-18,21-22H2,1-4H3/t32-,34+,38-/m0/s1. The highest BCUT2D eigenvalue weighted by atomic mass is 16.5. The van der Waals surface area contributed by atoms with E-state index in [1.165, 1.54) is 6.92 Å². The zero-order chi connectivity index (χ0) is 33.6. The lowest BCUT2D eigenvalue weighted by atomic mass is 9.95. The molecule has 2 aliphatic heterocycles. The minimum atomic E-state index is -0.554. The van der Waals surface area contributed by atoms with Gasteiger partial charge in [0.2, 0.25) is 5.91 Å². The van der Waals surface area contributed by atoms with Gasteiger partial charge in [-0.15, -0.1) is 0 Å². The summed E-state index contributed by atoms with van der Waals surface area (Å²) in [5.74, 6) is 0.377. The molecule has 250 valence electrons. The van der Waals surface area contributed by atoms with Gasteiger partial charge in [0.05, 0.1) is 30.3 Å². The van der Waals surface area contributed by atoms with Crippen LogP contribution in [0, 0.1) is 26.2 Å². The Morgan fingerprint density at radius 1 is 0.979 bits per heavy atom. The number of ether oxygens (including phenoxy) is 1. The van der Waals surface area contributed by atoms with Crippen LogP contribution in [0.15, 0.2) is 36.7 Å². The lowest BCUT2D eigenvalue weighted by Crippen LogP contribution is -2.45. The molecule has 1 amide bonds. The SMILES string of the molecule is CC(=O)c1nn2c3c(cc(-c4cnc(C)nc4)cc13)CCCCCCCOC[C@@]13C[C@@H](C(=O)Cc4nc(C)ccc4C)N(C(=O)C2)[C@@H]1C3. The predicted octanol–water partition coefficient (Wildman–Crippen LogP) is 5.71. The van der Waals surface area contributed by atoms with Crippen LogP contribution >= 0.6 is 0 Å². The van der Waals surface area contributed by atoms with Gasteiger partial charge in [-0.25, -0.2) is 9.97 Å². The molecule has 4 aromatic rings. The van der Waals surface area contributed by atoms with Crippen molar-refractivity contribution in [3.63, 3.8) is 0 Å². The van der Waals surface area contributed by atoms with Crippen LogP contribution in [-0.4, -0.2) is 72.4 Å². The number of aryl methyl sites for hydroxylation is 4. The smallest absolute Gasteiger partial charge is 0.245 e. The number of aromatic nitrogens is 5. The number of pyridine rings is 1. The quantitative estimate of drug-likeness (QED) is 0.253. The minimum absolute atomic E-state index is 0.00549. The predicted molar refractivity (Wildman–Crippen MR) is 182 cm³/mol. The molecule has 1 aromatic carbocycles. The summed E-state index contributed by atoms with van der Waals surface area (Å²) in [7, 11) is 0. The van der Waals surface area contributed by atoms with Crippen LogP contribution in [0.2, 0.25) is 0 Å². The second-order valence-corrected chi connectivity index (χ2v) is 14.1. The van der Waals surface area contributed by atoms with Crippen LogP contribution in [0.25, 0.3) is 22.0 Å². The van der Waals surface area contributed by atoms with E-state index in [0.717, 1.165) is 89.5 Å². The van der Waals surface area contributed by atoms with E-state index in [4.69, 9.17) is 9.84 Å². The Bertz CT molecular complexity index is 1900. The number of ketones is 2.